The number of guanidine groups is 1. The lowest BCUT2D eigenvalue weighted by Gasteiger charge is -2.29. The van der Waals surface area contributed by atoms with Crippen LogP contribution in [0.4, 0.5) is 0 Å². The molecule has 3 rings (SSSR count). The molecule has 0 fully saturated rings. The van der Waals surface area contributed by atoms with Crippen molar-refractivity contribution in [2.45, 2.75) is 32.2 Å². The number of carbonyl (C=O) groups excluding carboxylic acids is 1. The molecule has 0 saturated carbocycles. The van der Waals surface area contributed by atoms with E-state index in [-0.39, 0.29) is 5.91 Å². The lowest BCUT2D eigenvalue weighted by Crippen LogP contribution is -2.39. The molecular formula is C23H32N4O4. The van der Waals surface area contributed by atoms with Gasteiger partial charge in [0.1, 0.15) is 5.76 Å². The number of fused-ring (bicyclic) bond motifs is 1. The number of rotatable bonds is 9. The number of benzene rings is 1. The van der Waals surface area contributed by atoms with Gasteiger partial charge < -0.3 is 29.4 Å². The molecule has 2 heterocycles. The molecule has 1 amide bonds. The number of hydrogen-bond acceptors (Lipinski definition) is 5. The third-order valence-corrected chi connectivity index (χ3v) is 5.40. The first kappa shape index (κ1) is 22.5. The van der Waals surface area contributed by atoms with Gasteiger partial charge in [-0.15, -0.1) is 0 Å². The topological polar surface area (TPSA) is 88.3 Å². The monoisotopic (exact) mass is 428 g/mol. The summed E-state index contributed by atoms with van der Waals surface area (Å²) in [7, 11) is 5.00. The van der Waals surface area contributed by atoms with Crippen molar-refractivity contribution in [1.82, 2.24) is 15.5 Å². The van der Waals surface area contributed by atoms with Crippen LogP contribution in [0, 0.1) is 0 Å². The lowest BCUT2D eigenvalue weighted by atomic mass is 9.98. The first-order valence-corrected chi connectivity index (χ1v) is 10.6. The summed E-state index contributed by atoms with van der Waals surface area (Å²) in [5, 5.41) is 6.51. The van der Waals surface area contributed by atoms with Crippen molar-refractivity contribution in [2.24, 2.45) is 4.99 Å². The summed E-state index contributed by atoms with van der Waals surface area (Å²) in [6, 6.07) is 7.83. The largest absolute Gasteiger partial charge is 0.493 e. The molecule has 1 aromatic carbocycles. The predicted octanol–water partition coefficient (Wildman–Crippen LogP) is 2.37. The second-order valence-electron chi connectivity index (χ2n) is 7.40. The third-order valence-electron chi connectivity index (χ3n) is 5.40. The summed E-state index contributed by atoms with van der Waals surface area (Å²) in [6.45, 7) is 2.75. The number of methoxy groups -OCH3 is 2. The molecule has 0 aliphatic carbocycles. The molecule has 8 heteroatoms. The van der Waals surface area contributed by atoms with E-state index in [2.05, 4.69) is 15.6 Å². The molecule has 168 valence electrons. The van der Waals surface area contributed by atoms with Crippen LogP contribution in [0.1, 0.15) is 29.7 Å². The zero-order valence-corrected chi connectivity index (χ0v) is 18.6. The van der Waals surface area contributed by atoms with Gasteiger partial charge in [-0.2, -0.15) is 0 Å². The van der Waals surface area contributed by atoms with Gasteiger partial charge in [-0.1, -0.05) is 0 Å². The zero-order valence-electron chi connectivity index (χ0n) is 18.6. The Balaban J connectivity index is 1.40. The quantitative estimate of drug-likeness (QED) is 0.362. The molecule has 8 nitrogen and oxygen atoms in total. The summed E-state index contributed by atoms with van der Waals surface area (Å²) in [5.74, 6) is 3.27. The van der Waals surface area contributed by atoms with E-state index >= 15 is 0 Å². The summed E-state index contributed by atoms with van der Waals surface area (Å²) in [4.78, 5) is 18.8. The average molecular weight is 429 g/mol. The van der Waals surface area contributed by atoms with E-state index in [1.165, 1.54) is 5.56 Å². The van der Waals surface area contributed by atoms with Gasteiger partial charge in [0.25, 0.3) is 0 Å². The molecule has 0 saturated heterocycles. The molecule has 2 N–H and O–H groups in total. The van der Waals surface area contributed by atoms with E-state index < -0.39 is 0 Å². The summed E-state index contributed by atoms with van der Waals surface area (Å²) in [5.41, 5.74) is 2.34. The minimum absolute atomic E-state index is 0.169. The van der Waals surface area contributed by atoms with Crippen LogP contribution in [0.2, 0.25) is 0 Å². The van der Waals surface area contributed by atoms with Gasteiger partial charge >= 0.3 is 0 Å². The fourth-order valence-corrected chi connectivity index (χ4v) is 3.68. The van der Waals surface area contributed by atoms with E-state index in [1.807, 2.05) is 29.2 Å². The Morgan fingerprint density at radius 3 is 2.58 bits per heavy atom. The molecule has 2 aromatic rings. The maximum absolute atomic E-state index is 12.7. The van der Waals surface area contributed by atoms with E-state index in [9.17, 15) is 4.79 Å². The summed E-state index contributed by atoms with van der Waals surface area (Å²) < 4.78 is 16.1. The van der Waals surface area contributed by atoms with Crippen LogP contribution in [0.3, 0.4) is 0 Å². The van der Waals surface area contributed by atoms with Gasteiger partial charge in [-0.25, -0.2) is 0 Å². The van der Waals surface area contributed by atoms with Crippen molar-refractivity contribution >= 4 is 11.9 Å². The van der Waals surface area contributed by atoms with Crippen LogP contribution in [-0.4, -0.2) is 57.7 Å². The van der Waals surface area contributed by atoms with Crippen LogP contribution in [0.5, 0.6) is 11.5 Å². The predicted molar refractivity (Wildman–Crippen MR) is 120 cm³/mol. The number of nitrogens with zero attached hydrogens (tertiary/aromatic N) is 2. The molecule has 0 radical (unpaired) electrons. The van der Waals surface area contributed by atoms with Crippen molar-refractivity contribution in [1.29, 1.82) is 0 Å². The molecule has 31 heavy (non-hydrogen) atoms. The highest BCUT2D eigenvalue weighted by molar-refractivity contribution is 5.80. The Labute approximate surface area is 183 Å². The maximum atomic E-state index is 12.7. The molecule has 0 atom stereocenters. The second-order valence-corrected chi connectivity index (χ2v) is 7.40. The minimum Gasteiger partial charge on any atom is -0.493 e. The van der Waals surface area contributed by atoms with Crippen molar-refractivity contribution in [3.05, 3.63) is 47.4 Å². The molecule has 1 aromatic heterocycles. The average Bonchev–Trinajstić information content (AvgIpc) is 3.32. The van der Waals surface area contributed by atoms with Gasteiger partial charge in [0.15, 0.2) is 17.5 Å². The van der Waals surface area contributed by atoms with Crippen LogP contribution in [0.15, 0.2) is 39.9 Å². The molecule has 0 bridgehead atoms. The Kier molecular flexibility index (Phi) is 8.20. The highest BCUT2D eigenvalue weighted by Crippen LogP contribution is 2.33. The van der Waals surface area contributed by atoms with E-state index in [0.717, 1.165) is 55.4 Å². The van der Waals surface area contributed by atoms with Gasteiger partial charge in [0, 0.05) is 46.1 Å². The van der Waals surface area contributed by atoms with Crippen molar-refractivity contribution in [3.63, 3.8) is 0 Å². The molecule has 0 spiro atoms. The number of hydrogen-bond donors (Lipinski definition) is 2. The Hall–Kier alpha value is -3.16. The Bertz CT molecular complexity index is 880. The second kappa shape index (κ2) is 11.3. The highest BCUT2D eigenvalue weighted by Gasteiger charge is 2.22. The van der Waals surface area contributed by atoms with E-state index in [4.69, 9.17) is 13.9 Å². The Morgan fingerprint density at radius 1 is 1.16 bits per heavy atom. The van der Waals surface area contributed by atoms with Gasteiger partial charge in [-0.3, -0.25) is 9.79 Å². The summed E-state index contributed by atoms with van der Waals surface area (Å²) in [6.07, 6.45) is 4.53. The molecule has 0 unspecified atom stereocenters. The first-order chi connectivity index (χ1) is 15.1. The molecule has 1 aliphatic rings. The number of nitrogens with one attached hydrogen (secondary N) is 2. The number of aliphatic imine (C=N–C) groups is 1. The fraction of sp³-hybridized carbons (Fsp3) is 0.478. The minimum atomic E-state index is 0.169. The van der Waals surface area contributed by atoms with Crippen LogP contribution < -0.4 is 20.1 Å². The van der Waals surface area contributed by atoms with Crippen molar-refractivity contribution < 1.29 is 18.7 Å². The van der Waals surface area contributed by atoms with Gasteiger partial charge in [0.05, 0.1) is 20.5 Å². The van der Waals surface area contributed by atoms with Gasteiger partial charge in [0.2, 0.25) is 5.91 Å². The van der Waals surface area contributed by atoms with Crippen LogP contribution in [0.25, 0.3) is 0 Å². The third kappa shape index (κ3) is 6.16. The molecule has 1 aliphatic heterocycles. The number of ether oxygens (including phenoxy) is 2. The standard InChI is InChI=1S/C23H32N4O4/c1-24-23(26-11-8-19-6-5-13-31-19)25-10-4-7-22(28)27-12-9-17-14-20(29-2)21(30-3)15-18(17)16-27/h5-6,13-15H,4,7-12,16H2,1-3H3,(H2,24,25,26). The van der Waals surface area contributed by atoms with Crippen molar-refractivity contribution in [3.8, 4) is 11.5 Å². The number of furan rings is 1. The maximum Gasteiger partial charge on any atom is 0.222 e. The number of carbonyl (C=O) groups is 1. The molecular weight excluding hydrogens is 396 g/mol. The smallest absolute Gasteiger partial charge is 0.222 e. The van der Waals surface area contributed by atoms with Gasteiger partial charge in [-0.05, 0) is 48.2 Å². The first-order valence-electron chi connectivity index (χ1n) is 10.6. The number of amides is 1. The Morgan fingerprint density at radius 2 is 1.90 bits per heavy atom. The summed E-state index contributed by atoms with van der Waals surface area (Å²) >= 11 is 0. The zero-order chi connectivity index (χ0) is 22.1. The fourth-order valence-electron chi connectivity index (χ4n) is 3.68. The highest BCUT2D eigenvalue weighted by atomic mass is 16.5. The van der Waals surface area contributed by atoms with Crippen LogP contribution in [-0.2, 0) is 24.2 Å². The lowest BCUT2D eigenvalue weighted by molar-refractivity contribution is -0.132. The SMILES string of the molecule is CN=C(NCCCC(=O)N1CCc2cc(OC)c(OC)cc2C1)NCCc1ccco1. The van der Waals surface area contributed by atoms with Crippen molar-refractivity contribution in [2.75, 3.05) is 40.9 Å². The van der Waals surface area contributed by atoms with Crippen LogP contribution >= 0.6 is 0 Å². The normalized spacial score (nSPS) is 13.5. The van der Waals surface area contributed by atoms with E-state index in [1.54, 1.807) is 27.5 Å². The van der Waals surface area contributed by atoms with E-state index in [0.29, 0.717) is 25.3 Å².